The van der Waals surface area contributed by atoms with E-state index >= 15 is 0 Å². The lowest BCUT2D eigenvalue weighted by atomic mass is 9.85. The van der Waals surface area contributed by atoms with Gasteiger partial charge in [-0.3, -0.25) is 0 Å². The van der Waals surface area contributed by atoms with Crippen molar-refractivity contribution in [1.29, 1.82) is 0 Å². The fourth-order valence-corrected chi connectivity index (χ4v) is 2.94. The van der Waals surface area contributed by atoms with E-state index in [1.165, 1.54) is 0 Å². The Labute approximate surface area is 113 Å². The predicted molar refractivity (Wildman–Crippen MR) is 69.9 cm³/mol. The normalized spacial score (nSPS) is 28.4. The van der Waals surface area contributed by atoms with Crippen LogP contribution in [0.3, 0.4) is 0 Å². The second kappa shape index (κ2) is 6.44. The first-order valence-electron chi connectivity index (χ1n) is 7.12. The molecule has 0 heterocycles. The van der Waals surface area contributed by atoms with Crippen LogP contribution in [0.4, 0.5) is 13.2 Å². The maximum Gasteiger partial charge on any atom is 0.391 e. The first kappa shape index (κ1) is 16.8. The number of nitrogens with one attached hydrogen (secondary N) is 1. The topological polar surface area (TPSA) is 32.3 Å². The largest absolute Gasteiger partial charge is 0.391 e. The third kappa shape index (κ3) is 6.13. The van der Waals surface area contributed by atoms with Crippen molar-refractivity contribution in [3.63, 3.8) is 0 Å². The SMILES string of the molecule is CC(C)CC(C)(O)CNC1CCC(C(F)(F)F)CC1. The summed E-state index contributed by atoms with van der Waals surface area (Å²) in [4.78, 5) is 0. The molecule has 0 spiro atoms. The van der Waals surface area contributed by atoms with Crippen molar-refractivity contribution in [2.75, 3.05) is 6.54 Å². The zero-order chi connectivity index (χ0) is 14.7. The molecule has 0 radical (unpaired) electrons. The molecule has 114 valence electrons. The van der Waals surface area contributed by atoms with Crippen molar-refractivity contribution >= 4 is 0 Å². The van der Waals surface area contributed by atoms with Gasteiger partial charge in [0.2, 0.25) is 0 Å². The molecule has 0 aliphatic heterocycles. The van der Waals surface area contributed by atoms with E-state index in [-0.39, 0.29) is 18.9 Å². The van der Waals surface area contributed by atoms with Gasteiger partial charge in [0, 0.05) is 12.6 Å². The monoisotopic (exact) mass is 281 g/mol. The fraction of sp³-hybridized carbons (Fsp3) is 1.00. The van der Waals surface area contributed by atoms with Gasteiger partial charge in [0.15, 0.2) is 0 Å². The van der Waals surface area contributed by atoms with E-state index in [9.17, 15) is 18.3 Å². The molecule has 1 atom stereocenters. The zero-order valence-electron chi connectivity index (χ0n) is 12.1. The Kier molecular flexibility index (Phi) is 5.68. The molecule has 19 heavy (non-hydrogen) atoms. The molecule has 2 N–H and O–H groups in total. The standard InChI is InChI=1S/C14H26F3NO/c1-10(2)8-13(3,19)9-18-12-6-4-11(5-7-12)14(15,16)17/h10-12,18-19H,4-9H2,1-3H3. The van der Waals surface area contributed by atoms with E-state index in [0.717, 1.165) is 0 Å². The zero-order valence-corrected chi connectivity index (χ0v) is 12.1. The van der Waals surface area contributed by atoms with Crippen molar-refractivity contribution in [2.45, 2.75) is 70.7 Å². The molecule has 0 saturated heterocycles. The summed E-state index contributed by atoms with van der Waals surface area (Å²) in [5.41, 5.74) is -0.783. The van der Waals surface area contributed by atoms with E-state index in [4.69, 9.17) is 0 Å². The van der Waals surface area contributed by atoms with E-state index in [2.05, 4.69) is 5.32 Å². The third-order valence-electron chi connectivity index (χ3n) is 3.81. The van der Waals surface area contributed by atoms with Gasteiger partial charge < -0.3 is 10.4 Å². The molecule has 2 nitrogen and oxygen atoms in total. The van der Waals surface area contributed by atoms with Crippen molar-refractivity contribution in [3.05, 3.63) is 0 Å². The van der Waals surface area contributed by atoms with Gasteiger partial charge in [0.25, 0.3) is 0 Å². The van der Waals surface area contributed by atoms with Gasteiger partial charge in [-0.05, 0) is 44.9 Å². The van der Waals surface area contributed by atoms with Crippen LogP contribution in [0, 0.1) is 11.8 Å². The van der Waals surface area contributed by atoms with Crippen molar-refractivity contribution in [1.82, 2.24) is 5.32 Å². The molecule has 1 rings (SSSR count). The second-order valence-corrected chi connectivity index (χ2v) is 6.57. The molecule has 1 aliphatic rings. The number of hydrogen-bond acceptors (Lipinski definition) is 2. The molecule has 0 aromatic heterocycles. The van der Waals surface area contributed by atoms with Crippen LogP contribution in [0.5, 0.6) is 0 Å². The molecule has 0 aromatic carbocycles. The Bertz CT molecular complexity index is 268. The number of alkyl halides is 3. The molecule has 0 amide bonds. The van der Waals surface area contributed by atoms with E-state index < -0.39 is 17.7 Å². The average Bonchev–Trinajstić information content (AvgIpc) is 2.24. The Hall–Kier alpha value is -0.290. The van der Waals surface area contributed by atoms with E-state index in [0.29, 0.717) is 31.7 Å². The average molecular weight is 281 g/mol. The summed E-state index contributed by atoms with van der Waals surface area (Å²) in [7, 11) is 0. The van der Waals surface area contributed by atoms with Gasteiger partial charge >= 0.3 is 6.18 Å². The minimum Gasteiger partial charge on any atom is -0.389 e. The fourth-order valence-electron chi connectivity index (χ4n) is 2.94. The maximum absolute atomic E-state index is 12.5. The smallest absolute Gasteiger partial charge is 0.389 e. The number of aliphatic hydroxyl groups is 1. The van der Waals surface area contributed by atoms with Crippen LogP contribution in [0.1, 0.15) is 52.9 Å². The van der Waals surface area contributed by atoms with Gasteiger partial charge in [-0.2, -0.15) is 13.2 Å². The van der Waals surface area contributed by atoms with Crippen LogP contribution in [0.25, 0.3) is 0 Å². The molecule has 0 aromatic rings. The predicted octanol–water partition coefficient (Wildman–Crippen LogP) is 3.49. The lowest BCUT2D eigenvalue weighted by Gasteiger charge is -2.33. The molecule has 1 aliphatic carbocycles. The first-order valence-corrected chi connectivity index (χ1v) is 7.12. The Morgan fingerprint density at radius 2 is 1.68 bits per heavy atom. The van der Waals surface area contributed by atoms with E-state index in [1.54, 1.807) is 6.92 Å². The van der Waals surface area contributed by atoms with Gasteiger partial charge in [0.05, 0.1) is 11.5 Å². The van der Waals surface area contributed by atoms with Crippen LogP contribution >= 0.6 is 0 Å². The second-order valence-electron chi connectivity index (χ2n) is 6.57. The summed E-state index contributed by atoms with van der Waals surface area (Å²) in [5, 5.41) is 13.4. The van der Waals surface area contributed by atoms with Crippen LogP contribution in [0.15, 0.2) is 0 Å². The first-order chi connectivity index (χ1) is 8.60. The molecule has 0 bridgehead atoms. The van der Waals surface area contributed by atoms with Crippen molar-refractivity contribution in [2.24, 2.45) is 11.8 Å². The lowest BCUT2D eigenvalue weighted by molar-refractivity contribution is -0.182. The molecule has 1 saturated carbocycles. The van der Waals surface area contributed by atoms with Gasteiger partial charge in [-0.15, -0.1) is 0 Å². The minimum absolute atomic E-state index is 0.109. The summed E-state index contributed by atoms with van der Waals surface area (Å²) in [5.74, 6) is -0.737. The lowest BCUT2D eigenvalue weighted by Crippen LogP contribution is -2.45. The third-order valence-corrected chi connectivity index (χ3v) is 3.81. The highest BCUT2D eigenvalue weighted by molar-refractivity contribution is 4.84. The highest BCUT2D eigenvalue weighted by atomic mass is 19.4. The summed E-state index contributed by atoms with van der Waals surface area (Å²) >= 11 is 0. The maximum atomic E-state index is 12.5. The Balaban J connectivity index is 2.30. The molecular formula is C14H26F3NO. The quantitative estimate of drug-likeness (QED) is 0.808. The Morgan fingerprint density at radius 3 is 2.11 bits per heavy atom. The molecule has 5 heteroatoms. The van der Waals surface area contributed by atoms with Crippen LogP contribution in [-0.4, -0.2) is 29.5 Å². The molecule has 1 fully saturated rings. The summed E-state index contributed by atoms with van der Waals surface area (Å²) in [6.45, 7) is 6.32. The minimum atomic E-state index is -4.05. The van der Waals surface area contributed by atoms with Gasteiger partial charge in [-0.25, -0.2) is 0 Å². The van der Waals surface area contributed by atoms with E-state index in [1.807, 2.05) is 13.8 Å². The number of rotatable bonds is 5. The summed E-state index contributed by atoms with van der Waals surface area (Å²) in [6.07, 6.45) is -1.86. The molecule has 1 unspecified atom stereocenters. The van der Waals surface area contributed by atoms with Crippen LogP contribution in [0.2, 0.25) is 0 Å². The molecular weight excluding hydrogens is 255 g/mol. The highest BCUT2D eigenvalue weighted by Crippen LogP contribution is 2.37. The number of halogens is 3. The summed E-state index contributed by atoms with van der Waals surface area (Å²) in [6, 6.07) is 0.109. The number of hydrogen-bond donors (Lipinski definition) is 2. The van der Waals surface area contributed by atoms with Gasteiger partial charge in [0.1, 0.15) is 0 Å². The van der Waals surface area contributed by atoms with Crippen LogP contribution < -0.4 is 5.32 Å². The summed E-state index contributed by atoms with van der Waals surface area (Å²) < 4.78 is 37.6. The highest BCUT2D eigenvalue weighted by Gasteiger charge is 2.41. The van der Waals surface area contributed by atoms with Crippen molar-refractivity contribution < 1.29 is 18.3 Å². The van der Waals surface area contributed by atoms with Crippen molar-refractivity contribution in [3.8, 4) is 0 Å². The van der Waals surface area contributed by atoms with Crippen LogP contribution in [-0.2, 0) is 0 Å². The van der Waals surface area contributed by atoms with Gasteiger partial charge in [-0.1, -0.05) is 13.8 Å². The Morgan fingerprint density at radius 1 is 1.16 bits per heavy atom.